The van der Waals surface area contributed by atoms with E-state index < -0.39 is 6.29 Å². The van der Waals surface area contributed by atoms with Gasteiger partial charge in [-0.1, -0.05) is 49.9 Å². The highest BCUT2D eigenvalue weighted by Crippen LogP contribution is 2.30. The van der Waals surface area contributed by atoms with Crippen LogP contribution in [0.4, 0.5) is 5.69 Å². The zero-order valence-electron chi connectivity index (χ0n) is 17.5. The van der Waals surface area contributed by atoms with E-state index in [1.165, 1.54) is 10.3 Å². The summed E-state index contributed by atoms with van der Waals surface area (Å²) in [5.74, 6) is 1.40. The van der Waals surface area contributed by atoms with Crippen LogP contribution in [0.25, 0.3) is 10.2 Å². The van der Waals surface area contributed by atoms with Gasteiger partial charge in [0, 0.05) is 23.9 Å². The van der Waals surface area contributed by atoms with Crippen LogP contribution >= 0.6 is 23.1 Å². The van der Waals surface area contributed by atoms with E-state index in [1.54, 1.807) is 23.1 Å². The van der Waals surface area contributed by atoms with Gasteiger partial charge in [-0.05, 0) is 35.7 Å². The number of anilines is 1. The number of thioether (sulfide) groups is 1. The first-order valence-electron chi connectivity index (χ1n) is 10.2. The van der Waals surface area contributed by atoms with Crippen molar-refractivity contribution in [2.75, 3.05) is 11.1 Å². The predicted octanol–water partition coefficient (Wildman–Crippen LogP) is 3.70. The first kappa shape index (κ1) is 21.6. The van der Waals surface area contributed by atoms with Crippen LogP contribution in [0.15, 0.2) is 57.9 Å². The van der Waals surface area contributed by atoms with E-state index in [0.29, 0.717) is 12.3 Å². The third-order valence-electron chi connectivity index (χ3n) is 4.92. The quantitative estimate of drug-likeness (QED) is 0.257. The Morgan fingerprint density at radius 1 is 1.29 bits per heavy atom. The number of para-hydroxylation sites is 1. The number of aromatic nitrogens is 1. The van der Waals surface area contributed by atoms with E-state index in [1.807, 2.05) is 30.3 Å². The number of benzene rings is 2. The fraction of sp³-hybridized carbons (Fsp3) is 0.318. The Bertz CT molecular complexity index is 1050. The van der Waals surface area contributed by atoms with Gasteiger partial charge in [-0.3, -0.25) is 10.1 Å². The second-order valence-electron chi connectivity index (χ2n) is 7.71. The average Bonchev–Trinajstić information content (AvgIpc) is 3.15. The van der Waals surface area contributed by atoms with Gasteiger partial charge in [0.1, 0.15) is 0 Å². The molecule has 2 heterocycles. The Morgan fingerprint density at radius 2 is 2.06 bits per heavy atom. The number of rotatable bonds is 6. The molecule has 1 fully saturated rings. The minimum Gasteiger partial charge on any atom is -0.370 e. The molecular weight excluding hydrogens is 428 g/mol. The number of nitrogens with one attached hydrogen (secondary N) is 3. The number of aliphatic imine (C=N–C) groups is 1. The van der Waals surface area contributed by atoms with Crippen LogP contribution < -0.4 is 21.7 Å². The molecule has 1 aliphatic rings. The lowest BCUT2D eigenvalue weighted by molar-refractivity contribution is -0.124. The highest BCUT2D eigenvalue weighted by molar-refractivity contribution is 8.01. The second-order valence-corrected chi connectivity index (χ2v) is 10.0. The van der Waals surface area contributed by atoms with Crippen molar-refractivity contribution in [2.24, 2.45) is 10.7 Å². The third kappa shape index (κ3) is 5.75. The normalized spacial score (nSPS) is 19.6. The first-order chi connectivity index (χ1) is 15.0. The molecule has 0 saturated carbocycles. The molecule has 2 atom stereocenters. The van der Waals surface area contributed by atoms with Crippen LogP contribution in [0.2, 0.25) is 0 Å². The maximum atomic E-state index is 12.2. The van der Waals surface area contributed by atoms with Crippen molar-refractivity contribution in [2.45, 2.75) is 42.9 Å². The SMILES string of the molecule is CC(C)c1ccc(N/C(N)=N\C2NC(=O)CC(CSc3nc4ccccc4s3)N2)cc1. The van der Waals surface area contributed by atoms with Crippen molar-refractivity contribution in [3.8, 4) is 0 Å². The highest BCUT2D eigenvalue weighted by Gasteiger charge is 2.26. The van der Waals surface area contributed by atoms with Gasteiger partial charge in [0.05, 0.1) is 10.2 Å². The van der Waals surface area contributed by atoms with E-state index in [9.17, 15) is 4.79 Å². The van der Waals surface area contributed by atoms with Gasteiger partial charge in [-0.25, -0.2) is 9.98 Å². The molecule has 0 bridgehead atoms. The summed E-state index contributed by atoms with van der Waals surface area (Å²) in [5.41, 5.74) is 9.19. The molecule has 1 amide bonds. The van der Waals surface area contributed by atoms with Crippen molar-refractivity contribution < 1.29 is 4.79 Å². The maximum absolute atomic E-state index is 12.2. The molecule has 5 N–H and O–H groups in total. The van der Waals surface area contributed by atoms with Crippen LogP contribution in [-0.4, -0.2) is 34.9 Å². The van der Waals surface area contributed by atoms with Crippen molar-refractivity contribution in [1.29, 1.82) is 0 Å². The molecule has 0 aliphatic carbocycles. The van der Waals surface area contributed by atoms with Gasteiger partial charge < -0.3 is 16.4 Å². The molecule has 31 heavy (non-hydrogen) atoms. The molecule has 1 aliphatic heterocycles. The molecule has 1 aromatic heterocycles. The van der Waals surface area contributed by atoms with E-state index in [2.05, 4.69) is 58.0 Å². The number of guanidine groups is 1. The number of nitrogens with zero attached hydrogens (tertiary/aromatic N) is 2. The summed E-state index contributed by atoms with van der Waals surface area (Å²) < 4.78 is 2.17. The van der Waals surface area contributed by atoms with Crippen LogP contribution in [0, 0.1) is 0 Å². The zero-order valence-corrected chi connectivity index (χ0v) is 19.1. The van der Waals surface area contributed by atoms with Crippen molar-refractivity contribution in [3.05, 3.63) is 54.1 Å². The van der Waals surface area contributed by atoms with Crippen LogP contribution in [0.1, 0.15) is 31.7 Å². The average molecular weight is 455 g/mol. The lowest BCUT2D eigenvalue weighted by Gasteiger charge is -2.29. The Kier molecular flexibility index (Phi) is 6.74. The molecular formula is C22H26N6OS2. The number of carbonyl (C=O) groups is 1. The summed E-state index contributed by atoms with van der Waals surface area (Å²) in [6, 6.07) is 16.2. The zero-order chi connectivity index (χ0) is 21.8. The Hall–Kier alpha value is -2.62. The number of carbonyl (C=O) groups excluding carboxylic acids is 1. The Balaban J connectivity index is 1.34. The Labute approximate surface area is 189 Å². The summed E-state index contributed by atoms with van der Waals surface area (Å²) in [6.45, 7) is 4.31. The molecule has 0 spiro atoms. The molecule has 0 radical (unpaired) electrons. The number of fused-ring (bicyclic) bond motifs is 1. The minimum atomic E-state index is -0.565. The third-order valence-corrected chi connectivity index (χ3v) is 7.27. The van der Waals surface area contributed by atoms with E-state index in [4.69, 9.17) is 5.73 Å². The standard InChI is InChI=1S/C22H26N6OS2/c1-13(2)14-7-9-15(10-8-14)24-20(23)28-21-25-16(11-19(29)27-21)12-30-22-26-17-5-3-4-6-18(17)31-22/h3-10,13,16,21,25H,11-12H2,1-2H3,(H,27,29)(H3,23,24,28). The van der Waals surface area contributed by atoms with E-state index in [-0.39, 0.29) is 17.9 Å². The van der Waals surface area contributed by atoms with Gasteiger partial charge in [0.2, 0.25) is 5.91 Å². The predicted molar refractivity (Wildman–Crippen MR) is 130 cm³/mol. The summed E-state index contributed by atoms with van der Waals surface area (Å²) in [4.78, 5) is 21.2. The first-order valence-corrected chi connectivity index (χ1v) is 12.0. The lowest BCUT2D eigenvalue weighted by atomic mass is 10.0. The van der Waals surface area contributed by atoms with Crippen molar-refractivity contribution in [3.63, 3.8) is 0 Å². The van der Waals surface area contributed by atoms with Gasteiger partial charge in [-0.15, -0.1) is 11.3 Å². The Morgan fingerprint density at radius 3 is 2.81 bits per heavy atom. The smallest absolute Gasteiger partial charge is 0.224 e. The van der Waals surface area contributed by atoms with Crippen LogP contribution in [0.5, 0.6) is 0 Å². The monoisotopic (exact) mass is 454 g/mol. The molecule has 3 aromatic rings. The summed E-state index contributed by atoms with van der Waals surface area (Å²) in [7, 11) is 0. The topological polar surface area (TPSA) is 104 Å². The van der Waals surface area contributed by atoms with Crippen LogP contribution in [-0.2, 0) is 4.79 Å². The molecule has 162 valence electrons. The number of nitrogens with two attached hydrogens (primary N) is 1. The highest BCUT2D eigenvalue weighted by atomic mass is 32.2. The van der Waals surface area contributed by atoms with E-state index >= 15 is 0 Å². The molecule has 4 rings (SSSR count). The maximum Gasteiger partial charge on any atom is 0.224 e. The van der Waals surface area contributed by atoms with E-state index in [0.717, 1.165) is 21.3 Å². The summed E-state index contributed by atoms with van der Waals surface area (Å²) in [6.07, 6.45) is -0.168. The number of amides is 1. The second kappa shape index (κ2) is 9.67. The van der Waals surface area contributed by atoms with Gasteiger partial charge in [-0.2, -0.15) is 0 Å². The molecule has 1 saturated heterocycles. The summed E-state index contributed by atoms with van der Waals surface area (Å²) in [5, 5.41) is 9.25. The molecule has 2 aromatic carbocycles. The number of hydrogen-bond donors (Lipinski definition) is 4. The van der Waals surface area contributed by atoms with Crippen molar-refractivity contribution >= 4 is 50.9 Å². The fourth-order valence-corrected chi connectivity index (χ4v) is 5.42. The largest absolute Gasteiger partial charge is 0.370 e. The summed E-state index contributed by atoms with van der Waals surface area (Å²) >= 11 is 3.32. The van der Waals surface area contributed by atoms with Gasteiger partial charge in [0.15, 0.2) is 16.6 Å². The fourth-order valence-electron chi connectivity index (χ4n) is 3.29. The van der Waals surface area contributed by atoms with Crippen LogP contribution in [0.3, 0.4) is 0 Å². The minimum absolute atomic E-state index is 0.0161. The number of hydrogen-bond acceptors (Lipinski definition) is 6. The lowest BCUT2D eigenvalue weighted by Crippen LogP contribution is -2.57. The van der Waals surface area contributed by atoms with Gasteiger partial charge in [0.25, 0.3) is 0 Å². The number of thiazole rings is 1. The molecule has 2 unspecified atom stereocenters. The molecule has 7 nitrogen and oxygen atoms in total. The van der Waals surface area contributed by atoms with Crippen molar-refractivity contribution in [1.82, 2.24) is 15.6 Å². The van der Waals surface area contributed by atoms with Gasteiger partial charge >= 0.3 is 0 Å². The molecule has 9 heteroatoms.